The van der Waals surface area contributed by atoms with E-state index in [-0.39, 0.29) is 98.6 Å². The summed E-state index contributed by atoms with van der Waals surface area (Å²) >= 11 is 5.85. The Kier molecular flexibility index (Phi) is 9.83. The minimum absolute atomic E-state index is 0. The van der Waals surface area contributed by atoms with Crippen LogP contribution in [0.5, 0.6) is 0 Å². The number of aromatic nitrogens is 3. The van der Waals surface area contributed by atoms with Gasteiger partial charge < -0.3 is 22.4 Å². The number of amides is 1. The number of rotatable bonds is 3. The van der Waals surface area contributed by atoms with Crippen molar-refractivity contribution in [2.45, 2.75) is 0 Å². The Morgan fingerprint density at radius 2 is 2.00 bits per heavy atom. The molecule has 0 spiro atoms. The van der Waals surface area contributed by atoms with Crippen LogP contribution in [0.2, 0.25) is 5.15 Å². The molecule has 1 N–H and O–H groups in total. The van der Waals surface area contributed by atoms with Gasteiger partial charge in [0.15, 0.2) is 5.15 Å². The van der Waals surface area contributed by atoms with E-state index in [1.54, 1.807) is 17.0 Å². The van der Waals surface area contributed by atoms with Crippen molar-refractivity contribution in [3.05, 3.63) is 52.9 Å². The van der Waals surface area contributed by atoms with Gasteiger partial charge in [-0.15, -0.1) is 0 Å². The van der Waals surface area contributed by atoms with Gasteiger partial charge >= 0.3 is 68.9 Å². The standard InChI is InChI=1S/C15H16ClN5O3.CH3.Cs/c1-20-15(23)11(8-12(16)19-20)18-13-3-2-10(9-17-13)14(22)21-4-6-24-7-5-21;;/h2-3,8-9H,4-7H2,1H3,(H,17,18);1H3;/q;-1;+1. The third kappa shape index (κ3) is 5.80. The molecule has 2 aromatic rings. The van der Waals surface area contributed by atoms with Gasteiger partial charge in [-0.1, -0.05) is 11.6 Å². The fraction of sp³-hybridized carbons (Fsp3) is 0.312. The molecule has 10 heteroatoms. The summed E-state index contributed by atoms with van der Waals surface area (Å²) in [5.41, 5.74) is 0.426. The van der Waals surface area contributed by atoms with Crippen LogP contribution in [0.4, 0.5) is 11.5 Å². The maximum Gasteiger partial charge on any atom is 1.00 e. The van der Waals surface area contributed by atoms with E-state index in [2.05, 4.69) is 15.4 Å². The molecular formula is C16H19ClCsN5O3. The number of ether oxygens (including phenoxy) is 1. The summed E-state index contributed by atoms with van der Waals surface area (Å²) in [5, 5.41) is 6.89. The van der Waals surface area contributed by atoms with Gasteiger partial charge in [-0.3, -0.25) is 9.59 Å². The molecule has 0 saturated carbocycles. The summed E-state index contributed by atoms with van der Waals surface area (Å²) in [6, 6.07) is 4.74. The van der Waals surface area contributed by atoms with E-state index in [4.69, 9.17) is 16.3 Å². The van der Waals surface area contributed by atoms with Crippen LogP contribution in [0.15, 0.2) is 29.2 Å². The normalized spacial score (nSPS) is 13.4. The van der Waals surface area contributed by atoms with Crippen LogP contribution in [0.1, 0.15) is 10.4 Å². The molecule has 1 amide bonds. The van der Waals surface area contributed by atoms with Crippen molar-refractivity contribution in [2.24, 2.45) is 7.05 Å². The van der Waals surface area contributed by atoms with Crippen LogP contribution in [-0.2, 0) is 11.8 Å². The van der Waals surface area contributed by atoms with Gasteiger partial charge in [-0.25, -0.2) is 9.67 Å². The van der Waals surface area contributed by atoms with E-state index in [1.807, 2.05) is 0 Å². The van der Waals surface area contributed by atoms with Crippen LogP contribution >= 0.6 is 11.6 Å². The number of anilines is 2. The number of nitrogens with zero attached hydrogens (tertiary/aromatic N) is 4. The zero-order chi connectivity index (χ0) is 17.1. The molecule has 0 aliphatic carbocycles. The Balaban J connectivity index is 0.00000169. The molecular weight excluding hydrogens is 479 g/mol. The largest absolute Gasteiger partial charge is 1.00 e. The monoisotopic (exact) mass is 497 g/mol. The third-order valence-corrected chi connectivity index (χ3v) is 3.79. The molecule has 8 nitrogen and oxygen atoms in total. The average molecular weight is 498 g/mol. The Morgan fingerprint density at radius 1 is 1.31 bits per heavy atom. The van der Waals surface area contributed by atoms with Crippen molar-refractivity contribution in [3.8, 4) is 0 Å². The number of aryl methyl sites for hydroxylation is 1. The van der Waals surface area contributed by atoms with Crippen LogP contribution < -0.4 is 79.8 Å². The molecule has 1 saturated heterocycles. The minimum Gasteiger partial charge on any atom is -0.378 e. The van der Waals surface area contributed by atoms with Crippen LogP contribution in [0.25, 0.3) is 0 Å². The minimum atomic E-state index is -0.324. The summed E-state index contributed by atoms with van der Waals surface area (Å²) in [4.78, 5) is 30.2. The zero-order valence-corrected chi connectivity index (χ0v) is 22.1. The molecule has 134 valence electrons. The molecule has 1 aliphatic rings. The number of morpholine rings is 1. The first kappa shape index (κ1) is 23.6. The average Bonchev–Trinajstić information content (AvgIpc) is 2.60. The zero-order valence-electron chi connectivity index (χ0n) is 15.0. The summed E-state index contributed by atoms with van der Waals surface area (Å²) in [5.74, 6) is 0.355. The fourth-order valence-corrected chi connectivity index (χ4v) is 2.57. The number of pyridine rings is 1. The molecule has 0 bridgehead atoms. The molecule has 0 aromatic carbocycles. The second-order valence-electron chi connectivity index (χ2n) is 5.27. The van der Waals surface area contributed by atoms with Crippen LogP contribution in [0, 0.1) is 7.43 Å². The SMILES string of the molecule is Cn1nc(Cl)cc(Nc2ccc(C(=O)N3CCOCC3)cn2)c1=O.[CH3-].[Cs+]. The van der Waals surface area contributed by atoms with Gasteiger partial charge in [-0.2, -0.15) is 5.10 Å². The molecule has 2 aromatic heterocycles. The van der Waals surface area contributed by atoms with E-state index in [9.17, 15) is 9.59 Å². The summed E-state index contributed by atoms with van der Waals surface area (Å²) in [6.45, 7) is 2.24. The van der Waals surface area contributed by atoms with Gasteiger partial charge in [0.05, 0.1) is 18.8 Å². The quantitative estimate of drug-likeness (QED) is 0.520. The molecule has 0 unspecified atom stereocenters. The first-order valence-corrected chi connectivity index (χ1v) is 7.76. The van der Waals surface area contributed by atoms with Gasteiger partial charge in [-0.05, 0) is 12.1 Å². The molecule has 1 fully saturated rings. The van der Waals surface area contributed by atoms with Crippen molar-refractivity contribution in [1.29, 1.82) is 0 Å². The first-order valence-electron chi connectivity index (χ1n) is 7.38. The number of halogens is 1. The van der Waals surface area contributed by atoms with Gasteiger partial charge in [0.1, 0.15) is 11.5 Å². The molecule has 3 rings (SSSR count). The van der Waals surface area contributed by atoms with Crippen molar-refractivity contribution in [2.75, 3.05) is 31.6 Å². The van der Waals surface area contributed by atoms with E-state index in [0.29, 0.717) is 37.7 Å². The molecule has 0 atom stereocenters. The fourth-order valence-electron chi connectivity index (χ4n) is 2.34. The van der Waals surface area contributed by atoms with Crippen molar-refractivity contribution >= 4 is 29.0 Å². The summed E-state index contributed by atoms with van der Waals surface area (Å²) < 4.78 is 6.37. The van der Waals surface area contributed by atoms with Gasteiger partial charge in [0.2, 0.25) is 0 Å². The van der Waals surface area contributed by atoms with Crippen LogP contribution in [0.3, 0.4) is 0 Å². The van der Waals surface area contributed by atoms with Gasteiger partial charge in [0, 0.05) is 32.4 Å². The van der Waals surface area contributed by atoms with Crippen LogP contribution in [-0.4, -0.2) is 51.9 Å². The van der Waals surface area contributed by atoms with Crippen molar-refractivity contribution in [1.82, 2.24) is 19.7 Å². The predicted molar refractivity (Wildman–Crippen MR) is 95.1 cm³/mol. The molecule has 1 aliphatic heterocycles. The number of carbonyl (C=O) groups excluding carboxylic acids is 1. The smallest absolute Gasteiger partial charge is 0.378 e. The second-order valence-corrected chi connectivity index (χ2v) is 5.66. The van der Waals surface area contributed by atoms with E-state index in [0.717, 1.165) is 4.68 Å². The summed E-state index contributed by atoms with van der Waals surface area (Å²) in [6.07, 6.45) is 1.48. The van der Waals surface area contributed by atoms with Crippen molar-refractivity contribution in [3.63, 3.8) is 0 Å². The molecule has 0 radical (unpaired) electrons. The predicted octanol–water partition coefficient (Wildman–Crippen LogP) is -1.50. The Morgan fingerprint density at radius 3 is 2.62 bits per heavy atom. The van der Waals surface area contributed by atoms with E-state index >= 15 is 0 Å². The third-order valence-electron chi connectivity index (χ3n) is 3.60. The maximum atomic E-state index is 12.3. The number of carbonyl (C=O) groups is 1. The maximum absolute atomic E-state index is 12.3. The van der Waals surface area contributed by atoms with E-state index in [1.165, 1.54) is 19.3 Å². The van der Waals surface area contributed by atoms with Crippen molar-refractivity contribution < 1.29 is 78.4 Å². The topological polar surface area (TPSA) is 89.3 Å². The molecule has 3 heterocycles. The van der Waals surface area contributed by atoms with E-state index < -0.39 is 0 Å². The second kappa shape index (κ2) is 10.8. The van der Waals surface area contributed by atoms with Gasteiger partial charge in [0.25, 0.3) is 11.5 Å². The Hall–Kier alpha value is -0.398. The number of hydrogen-bond acceptors (Lipinski definition) is 6. The summed E-state index contributed by atoms with van der Waals surface area (Å²) in [7, 11) is 1.51. The first-order chi connectivity index (χ1) is 11.5. The Bertz CT molecular complexity index is 807. The number of hydrogen-bond donors (Lipinski definition) is 1. The Labute approximate surface area is 215 Å². The molecule has 26 heavy (non-hydrogen) atoms. The number of nitrogens with one attached hydrogen (secondary N) is 1.